The number of nitrogens with one attached hydrogen (secondary N) is 1. The zero-order valence-electron chi connectivity index (χ0n) is 23.1. The molecule has 4 N–H and O–H groups in total. The summed E-state index contributed by atoms with van der Waals surface area (Å²) in [6, 6.07) is -0.864. The second-order valence-corrected chi connectivity index (χ2v) is 9.81. The third kappa shape index (κ3) is 21.4. The summed E-state index contributed by atoms with van der Waals surface area (Å²) in [5.41, 5.74) is 5.43. The number of carboxylic acid groups (broad SMARTS) is 1. The van der Waals surface area contributed by atoms with Crippen molar-refractivity contribution in [2.75, 3.05) is 6.54 Å². The number of carbonyl (C=O) groups excluding carboxylic acids is 2. The molecule has 1 amide bonds. The molecule has 0 aliphatic rings. The van der Waals surface area contributed by atoms with Crippen molar-refractivity contribution in [3.05, 3.63) is 12.2 Å². The Morgan fingerprint density at radius 1 is 0.806 bits per heavy atom. The van der Waals surface area contributed by atoms with Gasteiger partial charge in [0.2, 0.25) is 5.91 Å². The molecule has 0 aliphatic carbocycles. The summed E-state index contributed by atoms with van der Waals surface area (Å²) in [4.78, 5) is 35.6. The highest BCUT2D eigenvalue weighted by molar-refractivity contribution is 5.83. The van der Waals surface area contributed by atoms with Gasteiger partial charge in [0.25, 0.3) is 0 Å². The summed E-state index contributed by atoms with van der Waals surface area (Å²) >= 11 is 0. The fourth-order valence-corrected chi connectivity index (χ4v) is 4.07. The Balaban J connectivity index is 4.14. The lowest BCUT2D eigenvalue weighted by Crippen LogP contribution is -2.40. The van der Waals surface area contributed by atoms with Gasteiger partial charge < -0.3 is 20.9 Å². The van der Waals surface area contributed by atoms with Gasteiger partial charge >= 0.3 is 11.9 Å². The number of carbonyl (C=O) groups is 3. The monoisotopic (exact) mass is 510 g/mol. The van der Waals surface area contributed by atoms with Gasteiger partial charge in [-0.05, 0) is 57.6 Å². The van der Waals surface area contributed by atoms with Crippen LogP contribution in [0.5, 0.6) is 0 Å². The van der Waals surface area contributed by atoms with E-state index in [4.69, 9.17) is 10.5 Å². The van der Waals surface area contributed by atoms with Crippen LogP contribution >= 0.6 is 0 Å². The largest absolute Gasteiger partial charge is 0.480 e. The van der Waals surface area contributed by atoms with E-state index in [1.807, 2.05) is 6.08 Å². The molecule has 2 atom stereocenters. The summed E-state index contributed by atoms with van der Waals surface area (Å²) in [5.74, 6) is -1.35. The van der Waals surface area contributed by atoms with Crippen LogP contribution in [0.15, 0.2) is 12.2 Å². The molecule has 0 heterocycles. The number of unbranched alkanes of at least 4 members (excludes halogenated alkanes) is 11. The number of allylic oxidation sites excluding steroid dienone is 1. The standard InChI is InChI=1S/C29H54N2O5/c1-3-5-7-8-9-10-11-17-23-28(33)36-25(19-14-6-4-2)20-15-12-13-16-22-27(32)31-26(29(34)35)21-18-24-30/h14,19,25-26H,3-13,15-18,20-24,30H2,1-2H3,(H,31,32)(H,34,35)/b19-14-. The highest BCUT2D eigenvalue weighted by Crippen LogP contribution is 2.14. The third-order valence-corrected chi connectivity index (χ3v) is 6.30. The van der Waals surface area contributed by atoms with E-state index in [9.17, 15) is 19.5 Å². The number of hydrogen-bond acceptors (Lipinski definition) is 5. The maximum atomic E-state index is 12.3. The fraction of sp³-hybridized carbons (Fsp3) is 0.828. The molecular formula is C29H54N2O5. The Morgan fingerprint density at radius 2 is 1.42 bits per heavy atom. The minimum Gasteiger partial charge on any atom is -0.480 e. The van der Waals surface area contributed by atoms with Crippen molar-refractivity contribution in [2.24, 2.45) is 5.73 Å². The van der Waals surface area contributed by atoms with Crippen LogP contribution in [0.4, 0.5) is 0 Å². The molecule has 0 bridgehead atoms. The molecule has 0 aromatic rings. The lowest BCUT2D eigenvalue weighted by Gasteiger charge is -2.15. The second kappa shape index (κ2) is 24.8. The number of esters is 1. The van der Waals surface area contributed by atoms with Gasteiger partial charge in [-0.3, -0.25) is 9.59 Å². The average Bonchev–Trinajstić information content (AvgIpc) is 2.85. The lowest BCUT2D eigenvalue weighted by atomic mass is 10.1. The van der Waals surface area contributed by atoms with E-state index in [1.165, 1.54) is 38.5 Å². The Hall–Kier alpha value is -1.89. The predicted molar refractivity (Wildman–Crippen MR) is 147 cm³/mol. The molecule has 0 fully saturated rings. The van der Waals surface area contributed by atoms with Crippen molar-refractivity contribution in [1.29, 1.82) is 0 Å². The molecule has 0 spiro atoms. The molecule has 0 aromatic heterocycles. The maximum Gasteiger partial charge on any atom is 0.326 e. The van der Waals surface area contributed by atoms with Crippen LogP contribution in [0.3, 0.4) is 0 Å². The quantitative estimate of drug-likeness (QED) is 0.0739. The van der Waals surface area contributed by atoms with Crippen molar-refractivity contribution in [3.63, 3.8) is 0 Å². The first-order valence-corrected chi connectivity index (χ1v) is 14.5. The summed E-state index contributed by atoms with van der Waals surface area (Å²) in [6.07, 6.45) is 21.6. The van der Waals surface area contributed by atoms with Crippen LogP contribution in [-0.2, 0) is 19.1 Å². The highest BCUT2D eigenvalue weighted by atomic mass is 16.5. The molecule has 210 valence electrons. The lowest BCUT2D eigenvalue weighted by molar-refractivity contribution is -0.147. The molecule has 7 nitrogen and oxygen atoms in total. The topological polar surface area (TPSA) is 119 Å². The molecule has 2 unspecified atom stereocenters. The van der Waals surface area contributed by atoms with Crippen molar-refractivity contribution in [1.82, 2.24) is 5.32 Å². The van der Waals surface area contributed by atoms with E-state index in [0.29, 0.717) is 38.6 Å². The van der Waals surface area contributed by atoms with Gasteiger partial charge in [0.1, 0.15) is 12.1 Å². The minimum absolute atomic E-state index is 0.105. The zero-order chi connectivity index (χ0) is 26.9. The van der Waals surface area contributed by atoms with Gasteiger partial charge in [0.05, 0.1) is 0 Å². The number of nitrogens with two attached hydrogens (primary N) is 1. The second-order valence-electron chi connectivity index (χ2n) is 9.81. The summed E-state index contributed by atoms with van der Waals surface area (Å²) < 4.78 is 5.75. The molecule has 36 heavy (non-hydrogen) atoms. The molecule has 0 saturated carbocycles. The van der Waals surface area contributed by atoms with Crippen molar-refractivity contribution in [2.45, 2.75) is 148 Å². The summed E-state index contributed by atoms with van der Waals surface area (Å²) in [6.45, 7) is 4.76. The minimum atomic E-state index is -1.02. The Kier molecular flexibility index (Phi) is 23.5. The molecule has 0 saturated heterocycles. The van der Waals surface area contributed by atoms with Crippen LogP contribution in [0.1, 0.15) is 136 Å². The first-order valence-electron chi connectivity index (χ1n) is 14.5. The summed E-state index contributed by atoms with van der Waals surface area (Å²) in [7, 11) is 0. The van der Waals surface area contributed by atoms with Gasteiger partial charge in [-0.2, -0.15) is 0 Å². The maximum absolute atomic E-state index is 12.3. The van der Waals surface area contributed by atoms with E-state index in [2.05, 4.69) is 25.2 Å². The van der Waals surface area contributed by atoms with E-state index >= 15 is 0 Å². The predicted octanol–water partition coefficient (Wildman–Crippen LogP) is 6.43. The van der Waals surface area contributed by atoms with Crippen molar-refractivity contribution < 1.29 is 24.2 Å². The molecular weight excluding hydrogens is 456 g/mol. The number of aliphatic carboxylic acids is 1. The third-order valence-electron chi connectivity index (χ3n) is 6.30. The number of hydrogen-bond donors (Lipinski definition) is 3. The van der Waals surface area contributed by atoms with E-state index in [0.717, 1.165) is 51.4 Å². The van der Waals surface area contributed by atoms with Crippen molar-refractivity contribution >= 4 is 17.8 Å². The van der Waals surface area contributed by atoms with E-state index in [1.54, 1.807) is 0 Å². The molecule has 7 heteroatoms. The Morgan fingerprint density at radius 3 is 2.03 bits per heavy atom. The van der Waals surface area contributed by atoms with Gasteiger partial charge in [0, 0.05) is 12.8 Å². The molecule has 0 aromatic carbocycles. The zero-order valence-corrected chi connectivity index (χ0v) is 23.1. The highest BCUT2D eigenvalue weighted by Gasteiger charge is 2.18. The Labute approximate surface area is 220 Å². The van der Waals surface area contributed by atoms with Crippen LogP contribution < -0.4 is 11.1 Å². The van der Waals surface area contributed by atoms with Crippen LogP contribution in [-0.4, -0.2) is 41.6 Å². The van der Waals surface area contributed by atoms with Crippen LogP contribution in [0.25, 0.3) is 0 Å². The normalized spacial score (nSPS) is 13.0. The average molecular weight is 511 g/mol. The van der Waals surface area contributed by atoms with Crippen LogP contribution in [0.2, 0.25) is 0 Å². The number of amides is 1. The smallest absolute Gasteiger partial charge is 0.326 e. The molecule has 0 radical (unpaired) electrons. The number of rotatable bonds is 25. The van der Waals surface area contributed by atoms with E-state index < -0.39 is 12.0 Å². The van der Waals surface area contributed by atoms with Gasteiger partial charge in [0.15, 0.2) is 0 Å². The fourth-order valence-electron chi connectivity index (χ4n) is 4.07. The van der Waals surface area contributed by atoms with E-state index in [-0.39, 0.29) is 18.0 Å². The number of carboxylic acids is 1. The van der Waals surface area contributed by atoms with Gasteiger partial charge in [-0.15, -0.1) is 0 Å². The number of ether oxygens (including phenoxy) is 1. The van der Waals surface area contributed by atoms with Gasteiger partial charge in [-0.1, -0.05) is 84.1 Å². The van der Waals surface area contributed by atoms with Crippen molar-refractivity contribution in [3.8, 4) is 0 Å². The molecule has 0 aliphatic heterocycles. The first-order chi connectivity index (χ1) is 17.4. The molecule has 0 rings (SSSR count). The summed E-state index contributed by atoms with van der Waals surface area (Å²) in [5, 5.41) is 11.8. The van der Waals surface area contributed by atoms with Gasteiger partial charge in [-0.25, -0.2) is 4.79 Å². The van der Waals surface area contributed by atoms with Crippen LogP contribution in [0, 0.1) is 0 Å². The SMILES string of the molecule is CCC/C=C\C(CCCCCCC(=O)NC(CCCN)C(=O)O)OC(=O)CCCCCCCCCC. The first kappa shape index (κ1) is 34.1. The Bertz CT molecular complexity index is 594.